The first-order chi connectivity index (χ1) is 30.5. The minimum atomic E-state index is -2.57. The van der Waals surface area contributed by atoms with Gasteiger partial charge in [0.25, 0.3) is 0 Å². The van der Waals surface area contributed by atoms with Crippen molar-refractivity contribution in [2.24, 2.45) is 0 Å². The van der Waals surface area contributed by atoms with Crippen LogP contribution in [0, 0.1) is 14.4 Å². The molecule has 0 heterocycles. The Morgan fingerprint density at radius 1 is 0.554 bits per heavy atom. The first-order valence-electron chi connectivity index (χ1n) is 21.4. The molecule has 0 aliphatic rings. The summed E-state index contributed by atoms with van der Waals surface area (Å²) in [4.78, 5) is 24.4. The van der Waals surface area contributed by atoms with Crippen molar-refractivity contribution in [3.05, 3.63) is 185 Å². The number of ether oxygens (including phenoxy) is 2. The second-order valence-corrected chi connectivity index (χ2v) is 29.4. The molecule has 6 rings (SSSR count). The van der Waals surface area contributed by atoms with Gasteiger partial charge in [0.1, 0.15) is 13.2 Å². The van der Waals surface area contributed by atoms with E-state index >= 15 is 0 Å². The zero-order valence-electron chi connectivity index (χ0n) is 37.9. The smallest absolute Gasteiger partial charge is 0.445 e. The number of hydrogen-bond donors (Lipinski definition) is 2. The molecule has 0 aliphatic carbocycles. The van der Waals surface area contributed by atoms with E-state index in [0.29, 0.717) is 19.1 Å². The molecular weight excluding hydrogens is 915 g/mol. The van der Waals surface area contributed by atoms with Gasteiger partial charge in [-0.25, -0.2) is 29.2 Å². The van der Waals surface area contributed by atoms with Gasteiger partial charge in [-0.1, -0.05) is 134 Å². The zero-order chi connectivity index (χ0) is 45.5. The van der Waals surface area contributed by atoms with E-state index in [1.165, 1.54) is 12.1 Å². The van der Waals surface area contributed by atoms with E-state index in [-0.39, 0.29) is 49.8 Å². The number of hydrogen-bond acceptors (Lipinski definition) is 4. The molecule has 6 aromatic rings. The van der Waals surface area contributed by atoms with Crippen LogP contribution in [0.5, 0.6) is 0 Å². The molecule has 0 aliphatic heterocycles. The van der Waals surface area contributed by atoms with E-state index < -0.39 is 20.2 Å². The first-order valence-corrected chi connectivity index (χ1v) is 29.4. The molecule has 65 heavy (non-hydrogen) atoms. The van der Waals surface area contributed by atoms with Gasteiger partial charge in [0, 0.05) is 24.2 Å². The van der Waals surface area contributed by atoms with Crippen LogP contribution in [0.3, 0.4) is 0 Å². The SMILES string of the molecule is C=CC[Si](CC=C)(CC=C)CCCCNC(=O)OCc1c2ccccc2cc2ccccc12.C=C[CH2-].O=C(NCCCC[Si](Cl)(Cl)Cl)OCc1c2ccccc2cc2ccccc12.[CH3-].[Mg+2]. The monoisotopic (exact) mass is 976 g/mol. The predicted molar refractivity (Wildman–Crippen MR) is 289 cm³/mol. The van der Waals surface area contributed by atoms with Crippen molar-refractivity contribution in [3.8, 4) is 0 Å². The fourth-order valence-electron chi connectivity index (χ4n) is 7.84. The van der Waals surface area contributed by atoms with Crippen molar-refractivity contribution in [1.82, 2.24) is 10.6 Å². The van der Waals surface area contributed by atoms with Crippen LogP contribution in [0.1, 0.15) is 36.8 Å². The van der Waals surface area contributed by atoms with Gasteiger partial charge >= 0.3 is 41.2 Å². The standard InChI is InChI=1S/C29H35NO2Si.C20H20Cl3NO2Si.C3H5.CH3.Mg/c1-4-18-33(19-5-2,20-6-3)21-12-11-17-30-29(31)32-23-28-26-15-9-7-13-24(26)22-25-14-8-10-16-27(25)28;21-27(22,23)12-6-5-11-24-20(25)26-14-19-17-9-3-1-7-15(17)13-16-8-2-4-10-18(16)19;1-3-2;;/h4-10,13-16,22H,1-3,11-12,17-21,23H2,(H,30,31);1-4,7-10,13H,5-6,11-12,14H2,(H,24,25);3H,1-2H2;1H3;/q;;2*-1;+2. The first kappa shape index (κ1) is 56.9. The minimum absolute atomic E-state index is 0. The molecule has 6 aromatic carbocycles. The molecule has 6 nitrogen and oxygen atoms in total. The molecule has 0 aromatic heterocycles. The number of allylic oxidation sites excluding steroid dienone is 4. The van der Waals surface area contributed by atoms with Gasteiger partial charge in [-0.05, 0) is 92.2 Å². The number of halogens is 3. The fourth-order valence-corrected chi connectivity index (χ4v) is 13.6. The molecule has 0 unspecified atom stereocenters. The van der Waals surface area contributed by atoms with Crippen LogP contribution in [0.25, 0.3) is 43.1 Å². The van der Waals surface area contributed by atoms with Crippen molar-refractivity contribution in [2.75, 3.05) is 13.1 Å². The predicted octanol–water partition coefficient (Wildman–Crippen LogP) is 15.7. The topological polar surface area (TPSA) is 76.7 Å². The van der Waals surface area contributed by atoms with Gasteiger partial charge < -0.3 is 27.5 Å². The summed E-state index contributed by atoms with van der Waals surface area (Å²) in [5, 5.41) is 14.7. The van der Waals surface area contributed by atoms with E-state index in [9.17, 15) is 9.59 Å². The summed E-state index contributed by atoms with van der Waals surface area (Å²) in [6.07, 6.45) is 10.4. The summed E-state index contributed by atoms with van der Waals surface area (Å²) in [5.74, 6) is 0. The molecule has 0 fully saturated rings. The van der Waals surface area contributed by atoms with Gasteiger partial charge in [-0.15, -0.1) is 53.0 Å². The maximum absolute atomic E-state index is 12.4. The largest absolute Gasteiger partial charge is 2.00 e. The number of unbranched alkanes of at least 4 members (excludes halogenated alkanes) is 2. The third-order valence-electron chi connectivity index (χ3n) is 10.8. The Morgan fingerprint density at radius 3 is 1.17 bits per heavy atom. The number of carbonyl (C=O) groups excluding carboxylic acids is 2. The Morgan fingerprint density at radius 2 is 0.862 bits per heavy atom. The summed E-state index contributed by atoms with van der Waals surface area (Å²) < 4.78 is 11.1. The number of amides is 2. The van der Waals surface area contributed by atoms with Gasteiger partial charge in [-0.3, -0.25) is 0 Å². The second-order valence-electron chi connectivity index (χ2n) is 15.4. The van der Waals surface area contributed by atoms with Crippen LogP contribution in [-0.2, 0) is 22.7 Å². The Kier molecular flexibility index (Phi) is 26.4. The van der Waals surface area contributed by atoms with Crippen LogP contribution < -0.4 is 10.6 Å². The molecule has 0 radical (unpaired) electrons. The van der Waals surface area contributed by atoms with E-state index in [4.69, 9.17) is 42.7 Å². The third-order valence-corrected chi connectivity index (χ3v) is 18.3. The summed E-state index contributed by atoms with van der Waals surface area (Å²) >= 11 is 17.5. The number of alkyl carbamates (subject to hydrolysis) is 2. The number of nitrogens with one attached hydrogen (secondary N) is 2. The second kappa shape index (κ2) is 30.2. The summed E-state index contributed by atoms with van der Waals surface area (Å²) in [5.41, 5.74) is 2.06. The molecule has 340 valence electrons. The van der Waals surface area contributed by atoms with Gasteiger partial charge in [0.05, 0.1) is 8.07 Å². The average molecular weight is 979 g/mol. The van der Waals surface area contributed by atoms with Crippen molar-refractivity contribution < 1.29 is 19.1 Å². The average Bonchev–Trinajstić information content (AvgIpc) is 3.26. The molecule has 12 heteroatoms. The van der Waals surface area contributed by atoms with Gasteiger partial charge in [0.2, 0.25) is 0 Å². The van der Waals surface area contributed by atoms with E-state index in [1.54, 1.807) is 0 Å². The van der Waals surface area contributed by atoms with Crippen molar-refractivity contribution in [1.29, 1.82) is 0 Å². The summed E-state index contributed by atoms with van der Waals surface area (Å²) in [6.45, 7) is 20.0. The maximum atomic E-state index is 12.4. The Bertz CT molecular complexity index is 2330. The third kappa shape index (κ3) is 18.5. The minimum Gasteiger partial charge on any atom is -0.445 e. The van der Waals surface area contributed by atoms with Crippen molar-refractivity contribution in [2.45, 2.75) is 69.1 Å². The van der Waals surface area contributed by atoms with E-state index in [0.717, 1.165) is 98.0 Å². The molecule has 0 atom stereocenters. The van der Waals surface area contributed by atoms with E-state index in [1.807, 2.05) is 66.8 Å². The van der Waals surface area contributed by atoms with E-state index in [2.05, 4.69) is 105 Å². The van der Waals surface area contributed by atoms with Crippen molar-refractivity contribution in [3.63, 3.8) is 0 Å². The maximum Gasteiger partial charge on any atom is 2.00 e. The molecule has 0 saturated carbocycles. The molecular formula is C53H63Cl3MgN2O4Si2. The number of benzene rings is 6. The van der Waals surface area contributed by atoms with Crippen molar-refractivity contribution >= 4 is 126 Å². The van der Waals surface area contributed by atoms with Gasteiger partial charge in [0.15, 0.2) is 0 Å². The molecule has 0 saturated heterocycles. The summed E-state index contributed by atoms with van der Waals surface area (Å²) in [6, 6.07) is 39.5. The van der Waals surface area contributed by atoms with Crippen LogP contribution in [-0.4, -0.2) is 62.4 Å². The zero-order valence-corrected chi connectivity index (χ0v) is 43.6. The Labute approximate surface area is 419 Å². The quantitative estimate of drug-likeness (QED) is 0.0200. The fraction of sp³-hybridized carbons (Fsp3) is 0.245. The molecule has 2 N–H and O–H groups in total. The van der Waals surface area contributed by atoms with Gasteiger partial charge in [-0.2, -0.15) is 0 Å². The number of fused-ring (bicyclic) bond motifs is 4. The van der Waals surface area contributed by atoms with Crippen LogP contribution in [0.2, 0.25) is 30.2 Å². The number of carbonyl (C=O) groups is 2. The normalized spacial score (nSPS) is 10.8. The van der Waals surface area contributed by atoms with Crippen LogP contribution >= 0.6 is 33.2 Å². The Hall–Kier alpha value is -4.20. The molecule has 0 spiro atoms. The molecule has 2 amide bonds. The van der Waals surface area contributed by atoms with Crippen LogP contribution in [0.4, 0.5) is 9.59 Å². The molecule has 0 bridgehead atoms. The van der Waals surface area contributed by atoms with Crippen LogP contribution in [0.15, 0.2) is 160 Å². The number of rotatable bonds is 20. The summed E-state index contributed by atoms with van der Waals surface area (Å²) in [7, 11) is -1.48. The Balaban J connectivity index is 0.000000416.